The minimum atomic E-state index is 0.208. The summed E-state index contributed by atoms with van der Waals surface area (Å²) in [6.45, 7) is 1.99. The van der Waals surface area contributed by atoms with Crippen LogP contribution in [-0.2, 0) is 12.8 Å². The molecule has 0 aliphatic heterocycles. The third-order valence-electron chi connectivity index (χ3n) is 3.38. The molecular formula is C14H17NOS. The zero-order chi connectivity index (χ0) is 11.8. The van der Waals surface area contributed by atoms with E-state index in [4.69, 9.17) is 4.42 Å². The highest BCUT2D eigenvalue weighted by Crippen LogP contribution is 2.36. The standard InChI is InChI=1S/C14H17NOS/c1-9-6-7-11(16-9)14(15-2)13-8-10-4-3-5-12(10)17-13/h6-8,14-15H,3-5H2,1-2H3. The minimum Gasteiger partial charge on any atom is -0.464 e. The highest BCUT2D eigenvalue weighted by atomic mass is 32.1. The Morgan fingerprint density at radius 3 is 2.88 bits per heavy atom. The van der Waals surface area contributed by atoms with E-state index in [2.05, 4.69) is 17.4 Å². The summed E-state index contributed by atoms with van der Waals surface area (Å²) in [7, 11) is 1.99. The predicted molar refractivity (Wildman–Crippen MR) is 70.7 cm³/mol. The van der Waals surface area contributed by atoms with Crippen LogP contribution in [0.2, 0.25) is 0 Å². The van der Waals surface area contributed by atoms with E-state index in [9.17, 15) is 0 Å². The van der Waals surface area contributed by atoms with Crippen molar-refractivity contribution in [3.63, 3.8) is 0 Å². The van der Waals surface area contributed by atoms with Gasteiger partial charge in [-0.3, -0.25) is 0 Å². The second kappa shape index (κ2) is 4.31. The first kappa shape index (κ1) is 11.1. The van der Waals surface area contributed by atoms with Gasteiger partial charge in [-0.2, -0.15) is 0 Å². The number of hydrogen-bond acceptors (Lipinski definition) is 3. The molecule has 2 heterocycles. The van der Waals surface area contributed by atoms with Crippen LogP contribution in [0, 0.1) is 6.92 Å². The normalized spacial score (nSPS) is 16.1. The zero-order valence-electron chi connectivity index (χ0n) is 10.2. The first-order chi connectivity index (χ1) is 8.28. The molecule has 1 aliphatic rings. The molecule has 2 aromatic heterocycles. The second-order valence-corrected chi connectivity index (χ2v) is 5.79. The Labute approximate surface area is 106 Å². The first-order valence-corrected chi connectivity index (χ1v) is 6.94. The molecule has 1 unspecified atom stereocenters. The topological polar surface area (TPSA) is 25.2 Å². The monoisotopic (exact) mass is 247 g/mol. The zero-order valence-corrected chi connectivity index (χ0v) is 11.1. The van der Waals surface area contributed by atoms with Gasteiger partial charge in [0.25, 0.3) is 0 Å². The average Bonchev–Trinajstić information content (AvgIpc) is 2.95. The number of aryl methyl sites for hydroxylation is 3. The molecule has 0 saturated carbocycles. The molecule has 3 rings (SSSR count). The van der Waals surface area contributed by atoms with Gasteiger partial charge in [0.05, 0.1) is 0 Å². The molecule has 0 bridgehead atoms. The Bertz CT molecular complexity index is 505. The molecule has 90 valence electrons. The van der Waals surface area contributed by atoms with Gasteiger partial charge in [-0.15, -0.1) is 11.3 Å². The van der Waals surface area contributed by atoms with Crippen molar-refractivity contribution >= 4 is 11.3 Å². The van der Waals surface area contributed by atoms with E-state index in [0.717, 1.165) is 11.5 Å². The van der Waals surface area contributed by atoms with Gasteiger partial charge in [0.1, 0.15) is 17.6 Å². The van der Waals surface area contributed by atoms with Gasteiger partial charge >= 0.3 is 0 Å². The molecule has 0 radical (unpaired) electrons. The van der Waals surface area contributed by atoms with Gasteiger partial charge in [-0.25, -0.2) is 0 Å². The lowest BCUT2D eigenvalue weighted by Gasteiger charge is -2.11. The van der Waals surface area contributed by atoms with E-state index in [-0.39, 0.29) is 6.04 Å². The molecule has 2 nitrogen and oxygen atoms in total. The number of thiophene rings is 1. The second-order valence-electron chi connectivity index (χ2n) is 4.62. The maximum Gasteiger partial charge on any atom is 0.126 e. The molecule has 1 atom stereocenters. The van der Waals surface area contributed by atoms with Crippen LogP contribution in [0.4, 0.5) is 0 Å². The number of furan rings is 1. The molecule has 1 aliphatic carbocycles. The van der Waals surface area contributed by atoms with Crippen molar-refractivity contribution in [2.24, 2.45) is 0 Å². The van der Waals surface area contributed by atoms with E-state index in [1.165, 1.54) is 24.1 Å². The SMILES string of the molecule is CNC(c1ccc(C)o1)c1cc2c(s1)CCC2. The molecule has 0 spiro atoms. The van der Waals surface area contributed by atoms with E-state index < -0.39 is 0 Å². The van der Waals surface area contributed by atoms with Gasteiger partial charge in [-0.1, -0.05) is 0 Å². The summed E-state index contributed by atoms with van der Waals surface area (Å²) in [6.07, 6.45) is 3.83. The van der Waals surface area contributed by atoms with Crippen LogP contribution in [0.25, 0.3) is 0 Å². The highest BCUT2D eigenvalue weighted by Gasteiger charge is 2.22. The third kappa shape index (κ3) is 1.94. The van der Waals surface area contributed by atoms with Crippen molar-refractivity contribution in [3.8, 4) is 0 Å². The quantitative estimate of drug-likeness (QED) is 0.898. The summed E-state index contributed by atoms with van der Waals surface area (Å²) in [6, 6.07) is 6.66. The molecule has 1 N–H and O–H groups in total. The Morgan fingerprint density at radius 1 is 1.35 bits per heavy atom. The van der Waals surface area contributed by atoms with Crippen molar-refractivity contribution in [3.05, 3.63) is 45.0 Å². The largest absolute Gasteiger partial charge is 0.464 e. The molecule has 3 heteroatoms. The van der Waals surface area contributed by atoms with Crippen molar-refractivity contribution in [2.75, 3.05) is 7.05 Å². The first-order valence-electron chi connectivity index (χ1n) is 6.13. The maximum atomic E-state index is 5.74. The van der Waals surface area contributed by atoms with Crippen LogP contribution >= 0.6 is 11.3 Å². The summed E-state index contributed by atoms with van der Waals surface area (Å²) in [5, 5.41) is 3.35. The third-order valence-corrected chi connectivity index (χ3v) is 4.69. The van der Waals surface area contributed by atoms with Crippen molar-refractivity contribution in [2.45, 2.75) is 32.2 Å². The van der Waals surface area contributed by atoms with Crippen LogP contribution in [0.1, 0.15) is 39.3 Å². The molecule has 0 aromatic carbocycles. The Balaban J connectivity index is 1.94. The maximum absolute atomic E-state index is 5.74. The van der Waals surface area contributed by atoms with Crippen LogP contribution in [0.15, 0.2) is 22.6 Å². The molecule has 0 saturated heterocycles. The number of hydrogen-bond donors (Lipinski definition) is 1. The summed E-state index contributed by atoms with van der Waals surface area (Å²) in [5.41, 5.74) is 1.55. The summed E-state index contributed by atoms with van der Waals surface area (Å²) >= 11 is 1.94. The molecular weight excluding hydrogens is 230 g/mol. The Hall–Kier alpha value is -1.06. The van der Waals surface area contributed by atoms with Gasteiger partial charge < -0.3 is 9.73 Å². The fourth-order valence-electron chi connectivity index (χ4n) is 2.53. The van der Waals surface area contributed by atoms with Gasteiger partial charge in [0, 0.05) is 9.75 Å². The van der Waals surface area contributed by atoms with Gasteiger partial charge in [0.2, 0.25) is 0 Å². The van der Waals surface area contributed by atoms with E-state index in [1.54, 1.807) is 10.4 Å². The number of fused-ring (bicyclic) bond motifs is 1. The Kier molecular flexibility index (Phi) is 2.81. The lowest BCUT2D eigenvalue weighted by atomic mass is 10.1. The van der Waals surface area contributed by atoms with Crippen LogP contribution in [0.3, 0.4) is 0 Å². The fourth-order valence-corrected chi connectivity index (χ4v) is 3.90. The van der Waals surface area contributed by atoms with Crippen LogP contribution in [0.5, 0.6) is 0 Å². The molecule has 0 amide bonds. The average molecular weight is 247 g/mol. The van der Waals surface area contributed by atoms with Crippen molar-refractivity contribution < 1.29 is 4.42 Å². The molecule has 17 heavy (non-hydrogen) atoms. The fraction of sp³-hybridized carbons (Fsp3) is 0.429. The molecule has 2 aromatic rings. The summed E-state index contributed by atoms with van der Waals surface area (Å²) in [5.74, 6) is 1.99. The van der Waals surface area contributed by atoms with Crippen molar-refractivity contribution in [1.82, 2.24) is 5.32 Å². The van der Waals surface area contributed by atoms with Gasteiger partial charge in [-0.05, 0) is 57.0 Å². The summed E-state index contributed by atoms with van der Waals surface area (Å²) in [4.78, 5) is 2.95. The van der Waals surface area contributed by atoms with Crippen LogP contribution < -0.4 is 5.32 Å². The minimum absolute atomic E-state index is 0.208. The summed E-state index contributed by atoms with van der Waals surface area (Å²) < 4.78 is 5.74. The van der Waals surface area contributed by atoms with Crippen LogP contribution in [-0.4, -0.2) is 7.05 Å². The van der Waals surface area contributed by atoms with Crippen molar-refractivity contribution in [1.29, 1.82) is 0 Å². The van der Waals surface area contributed by atoms with E-state index in [0.29, 0.717) is 0 Å². The smallest absolute Gasteiger partial charge is 0.126 e. The van der Waals surface area contributed by atoms with E-state index in [1.807, 2.05) is 31.4 Å². The van der Waals surface area contributed by atoms with E-state index >= 15 is 0 Å². The lowest BCUT2D eigenvalue weighted by molar-refractivity contribution is 0.446. The molecule has 0 fully saturated rings. The Morgan fingerprint density at radius 2 is 2.24 bits per heavy atom. The highest BCUT2D eigenvalue weighted by molar-refractivity contribution is 7.12. The van der Waals surface area contributed by atoms with Gasteiger partial charge in [0.15, 0.2) is 0 Å². The lowest BCUT2D eigenvalue weighted by Crippen LogP contribution is -2.15. The number of rotatable bonds is 3. The number of nitrogens with one attached hydrogen (secondary N) is 1. The predicted octanol–water partition coefficient (Wildman–Crippen LogP) is 3.45.